The largest absolute Gasteiger partial charge is 0.458 e. The van der Waals surface area contributed by atoms with Crippen molar-refractivity contribution in [1.29, 1.82) is 0 Å². The van der Waals surface area contributed by atoms with Gasteiger partial charge < -0.3 is 9.47 Å². The van der Waals surface area contributed by atoms with Gasteiger partial charge in [-0.15, -0.1) is 11.6 Å². The summed E-state index contributed by atoms with van der Waals surface area (Å²) in [5.41, 5.74) is 1.01. The van der Waals surface area contributed by atoms with Crippen molar-refractivity contribution in [3.8, 4) is 5.75 Å². The molecule has 0 aliphatic heterocycles. The number of carbonyl (C=O) groups excluding carboxylic acids is 1. The second-order valence-electron chi connectivity index (χ2n) is 5.03. The van der Waals surface area contributed by atoms with Gasteiger partial charge in [0, 0.05) is 6.42 Å². The van der Waals surface area contributed by atoms with Gasteiger partial charge in [-0.05, 0) is 31.6 Å². The lowest BCUT2D eigenvalue weighted by Crippen LogP contribution is -2.43. The average molecular weight is 307 g/mol. The Morgan fingerprint density at radius 3 is 2.76 bits per heavy atom. The third-order valence-corrected chi connectivity index (χ3v) is 3.60. The fourth-order valence-corrected chi connectivity index (χ4v) is 2.32. The van der Waals surface area contributed by atoms with Gasteiger partial charge in [0.1, 0.15) is 11.9 Å². The first kappa shape index (κ1) is 15.8. The van der Waals surface area contributed by atoms with Gasteiger partial charge in [0.25, 0.3) is 0 Å². The van der Waals surface area contributed by atoms with Crippen LogP contribution >= 0.6 is 11.6 Å². The van der Waals surface area contributed by atoms with Crippen molar-refractivity contribution in [1.82, 2.24) is 0 Å². The van der Waals surface area contributed by atoms with E-state index in [0.717, 1.165) is 11.3 Å². The highest BCUT2D eigenvalue weighted by atomic mass is 35.5. The van der Waals surface area contributed by atoms with E-state index in [1.54, 1.807) is 6.92 Å². The fraction of sp³-hybridized carbons (Fsp3) is 0.353. The van der Waals surface area contributed by atoms with Crippen molar-refractivity contribution >= 4 is 17.4 Å². The maximum Gasteiger partial charge on any atom is 0.234 e. The molecule has 4 heteroatoms. The molecule has 112 valence electrons. The molecular formula is C17H19ClO3. The molecule has 2 rings (SSSR count). The normalized spacial score (nSPS) is 22.0. The Morgan fingerprint density at radius 2 is 2.14 bits per heavy atom. The van der Waals surface area contributed by atoms with Gasteiger partial charge in [0.15, 0.2) is 5.78 Å². The topological polar surface area (TPSA) is 35.5 Å². The van der Waals surface area contributed by atoms with Crippen LogP contribution in [0.1, 0.15) is 18.9 Å². The standard InChI is InChI=1S/C17H19ClO3/c1-13-8-4-5-9-16(13)21-17(10-6-3-7-11-17)20-14(2)15(19)12-18/h3-10,14H,11-12H2,1-2H3. The first-order valence-electron chi connectivity index (χ1n) is 6.92. The molecule has 0 aromatic heterocycles. The van der Waals surface area contributed by atoms with E-state index in [-0.39, 0.29) is 11.7 Å². The Bertz CT molecular complexity index is 565. The Balaban J connectivity index is 2.22. The predicted octanol–water partition coefficient (Wildman–Crippen LogP) is 3.80. The van der Waals surface area contributed by atoms with E-state index in [9.17, 15) is 4.79 Å². The van der Waals surface area contributed by atoms with E-state index in [0.29, 0.717) is 6.42 Å². The molecule has 1 aliphatic rings. The zero-order valence-corrected chi connectivity index (χ0v) is 13.0. The SMILES string of the molecule is Cc1ccccc1OC1(OC(C)C(=O)CCl)C=CC=CC1. The third kappa shape index (κ3) is 3.96. The van der Waals surface area contributed by atoms with Crippen LogP contribution in [0.25, 0.3) is 0 Å². The number of aryl methyl sites for hydroxylation is 1. The van der Waals surface area contributed by atoms with Crippen LogP contribution in [0.3, 0.4) is 0 Å². The second kappa shape index (κ2) is 6.92. The number of Topliss-reactive ketones (excluding diaryl/α,β-unsaturated/α-hetero) is 1. The first-order valence-corrected chi connectivity index (χ1v) is 7.45. The number of rotatable bonds is 6. The molecule has 0 saturated heterocycles. The van der Waals surface area contributed by atoms with Crippen molar-refractivity contribution in [2.45, 2.75) is 32.2 Å². The Labute approximate surface area is 130 Å². The lowest BCUT2D eigenvalue weighted by Gasteiger charge is -2.34. The van der Waals surface area contributed by atoms with Crippen LogP contribution in [-0.4, -0.2) is 23.6 Å². The molecule has 21 heavy (non-hydrogen) atoms. The molecule has 1 aromatic carbocycles. The van der Waals surface area contributed by atoms with Crippen LogP contribution in [0.4, 0.5) is 0 Å². The number of allylic oxidation sites excluding steroid dienone is 2. The molecule has 0 N–H and O–H groups in total. The molecule has 2 atom stereocenters. The van der Waals surface area contributed by atoms with Gasteiger partial charge in [-0.1, -0.05) is 36.4 Å². The zero-order valence-electron chi connectivity index (χ0n) is 12.2. The maximum absolute atomic E-state index is 11.7. The van der Waals surface area contributed by atoms with Crippen molar-refractivity contribution < 1.29 is 14.3 Å². The second-order valence-corrected chi connectivity index (χ2v) is 5.30. The minimum absolute atomic E-state index is 0.0683. The number of ether oxygens (including phenoxy) is 2. The first-order chi connectivity index (χ1) is 10.1. The molecule has 0 saturated carbocycles. The third-order valence-electron chi connectivity index (χ3n) is 3.34. The smallest absolute Gasteiger partial charge is 0.234 e. The number of halogens is 1. The summed E-state index contributed by atoms with van der Waals surface area (Å²) in [6.07, 6.45) is 7.49. The van der Waals surface area contributed by atoms with Gasteiger partial charge in [-0.2, -0.15) is 0 Å². The van der Waals surface area contributed by atoms with Gasteiger partial charge >= 0.3 is 0 Å². The van der Waals surface area contributed by atoms with E-state index in [1.165, 1.54) is 0 Å². The van der Waals surface area contributed by atoms with Crippen molar-refractivity contribution in [3.63, 3.8) is 0 Å². The minimum Gasteiger partial charge on any atom is -0.458 e. The Morgan fingerprint density at radius 1 is 1.38 bits per heavy atom. The number of para-hydroxylation sites is 1. The number of hydrogen-bond acceptors (Lipinski definition) is 3. The quantitative estimate of drug-likeness (QED) is 0.592. The van der Waals surface area contributed by atoms with Crippen LogP contribution < -0.4 is 4.74 Å². The lowest BCUT2D eigenvalue weighted by molar-refractivity contribution is -0.179. The maximum atomic E-state index is 11.7. The molecule has 0 amide bonds. The number of ketones is 1. The summed E-state index contributed by atoms with van der Waals surface area (Å²) in [7, 11) is 0. The fourth-order valence-electron chi connectivity index (χ4n) is 2.10. The molecular weight excluding hydrogens is 288 g/mol. The average Bonchev–Trinajstić information content (AvgIpc) is 2.49. The van der Waals surface area contributed by atoms with Gasteiger partial charge in [-0.25, -0.2) is 0 Å². The highest BCUT2D eigenvalue weighted by Crippen LogP contribution is 2.30. The number of hydrogen-bond donors (Lipinski definition) is 0. The van der Waals surface area contributed by atoms with Crippen molar-refractivity contribution in [2.24, 2.45) is 0 Å². The van der Waals surface area contributed by atoms with Crippen LogP contribution in [0.15, 0.2) is 48.6 Å². The van der Waals surface area contributed by atoms with Crippen molar-refractivity contribution in [2.75, 3.05) is 5.88 Å². The van der Waals surface area contributed by atoms with E-state index >= 15 is 0 Å². The van der Waals surface area contributed by atoms with Gasteiger partial charge in [-0.3, -0.25) is 4.79 Å². The molecule has 1 aromatic rings. The highest BCUT2D eigenvalue weighted by molar-refractivity contribution is 6.28. The summed E-state index contributed by atoms with van der Waals surface area (Å²) < 4.78 is 12.0. The number of benzene rings is 1. The van der Waals surface area contributed by atoms with Gasteiger partial charge in [0.05, 0.1) is 5.88 Å². The molecule has 0 spiro atoms. The molecule has 0 bridgehead atoms. The molecule has 0 fully saturated rings. The predicted molar refractivity (Wildman–Crippen MR) is 83.7 cm³/mol. The van der Waals surface area contributed by atoms with E-state index in [2.05, 4.69) is 0 Å². The van der Waals surface area contributed by atoms with Crippen LogP contribution in [0.2, 0.25) is 0 Å². The summed E-state index contributed by atoms with van der Waals surface area (Å²) in [5, 5.41) is 0. The Kier molecular flexibility index (Phi) is 5.21. The highest BCUT2D eigenvalue weighted by Gasteiger charge is 2.34. The molecule has 1 aliphatic carbocycles. The minimum atomic E-state index is -0.970. The lowest BCUT2D eigenvalue weighted by atomic mass is 10.1. The van der Waals surface area contributed by atoms with Crippen LogP contribution in [0, 0.1) is 6.92 Å². The molecule has 2 unspecified atom stereocenters. The molecule has 0 radical (unpaired) electrons. The number of carbonyl (C=O) groups is 1. The summed E-state index contributed by atoms with van der Waals surface area (Å²) in [6.45, 7) is 3.67. The molecule has 3 nitrogen and oxygen atoms in total. The van der Waals surface area contributed by atoms with E-state index in [1.807, 2.05) is 55.5 Å². The van der Waals surface area contributed by atoms with Crippen molar-refractivity contribution in [3.05, 3.63) is 54.1 Å². The summed E-state index contributed by atoms with van der Waals surface area (Å²) in [6, 6.07) is 7.72. The van der Waals surface area contributed by atoms with E-state index in [4.69, 9.17) is 21.1 Å². The monoisotopic (exact) mass is 306 g/mol. The van der Waals surface area contributed by atoms with Crippen LogP contribution in [-0.2, 0) is 9.53 Å². The van der Waals surface area contributed by atoms with Gasteiger partial charge in [0.2, 0.25) is 5.79 Å². The molecule has 0 heterocycles. The van der Waals surface area contributed by atoms with Crippen LogP contribution in [0.5, 0.6) is 5.75 Å². The summed E-state index contributed by atoms with van der Waals surface area (Å²) in [4.78, 5) is 11.7. The Hall–Kier alpha value is -1.58. The summed E-state index contributed by atoms with van der Waals surface area (Å²) in [5.74, 6) is -0.459. The zero-order chi connectivity index (χ0) is 15.3. The summed E-state index contributed by atoms with van der Waals surface area (Å²) >= 11 is 5.59. The number of alkyl halides is 1. The van der Waals surface area contributed by atoms with E-state index < -0.39 is 11.9 Å².